The molecule has 3 heterocycles. The van der Waals surface area contributed by atoms with E-state index in [4.69, 9.17) is 0 Å². The molecule has 5 nitrogen and oxygen atoms in total. The highest BCUT2D eigenvalue weighted by atomic mass is 32.1. The van der Waals surface area contributed by atoms with Crippen molar-refractivity contribution in [2.45, 2.75) is 13.0 Å². The maximum atomic E-state index is 12.7. The van der Waals surface area contributed by atoms with Crippen molar-refractivity contribution in [3.63, 3.8) is 0 Å². The number of aromatic nitrogens is 3. The summed E-state index contributed by atoms with van der Waals surface area (Å²) < 4.78 is 1.82. The summed E-state index contributed by atoms with van der Waals surface area (Å²) in [6, 6.07) is 17.5. The molecule has 1 amide bonds. The maximum absolute atomic E-state index is 12.7. The normalized spacial score (nSPS) is 10.2. The summed E-state index contributed by atoms with van der Waals surface area (Å²) in [4.78, 5) is 21.2. The smallest absolute Gasteiger partial charge is 0.274 e. The second kappa shape index (κ2) is 9.00. The summed E-state index contributed by atoms with van der Waals surface area (Å²) in [6.45, 7) is 0.418. The Balaban J connectivity index is 1.40. The molecule has 0 aliphatic carbocycles. The first-order valence-corrected chi connectivity index (χ1v) is 9.99. The topological polar surface area (TPSA) is 59.8 Å². The second-order valence-electron chi connectivity index (χ2n) is 6.33. The Labute approximate surface area is 173 Å². The number of amides is 1. The van der Waals surface area contributed by atoms with Gasteiger partial charge in [-0.2, -0.15) is 0 Å². The zero-order valence-corrected chi connectivity index (χ0v) is 16.4. The van der Waals surface area contributed by atoms with Crippen LogP contribution >= 0.6 is 11.3 Å². The summed E-state index contributed by atoms with van der Waals surface area (Å²) in [7, 11) is 0. The van der Waals surface area contributed by atoms with Crippen molar-refractivity contribution in [1.29, 1.82) is 0 Å². The summed E-state index contributed by atoms with van der Waals surface area (Å²) in [5, 5.41) is 5.45. The molecule has 6 heteroatoms. The first-order valence-electron chi connectivity index (χ1n) is 9.11. The van der Waals surface area contributed by atoms with Gasteiger partial charge in [-0.25, -0.2) is 4.98 Å². The van der Waals surface area contributed by atoms with E-state index in [2.05, 4.69) is 39.3 Å². The van der Waals surface area contributed by atoms with Crippen molar-refractivity contribution < 1.29 is 4.79 Å². The van der Waals surface area contributed by atoms with Gasteiger partial charge in [0.25, 0.3) is 5.91 Å². The highest BCUT2D eigenvalue weighted by Crippen LogP contribution is 2.19. The van der Waals surface area contributed by atoms with Crippen molar-refractivity contribution in [3.05, 3.63) is 101 Å². The average Bonchev–Trinajstić information content (AvgIpc) is 3.39. The number of hydrogen-bond acceptors (Lipinski definition) is 4. The quantitative estimate of drug-likeness (QED) is 0.512. The number of hydrogen-bond donors (Lipinski definition) is 1. The number of carbonyl (C=O) groups excluding carboxylic acids is 1. The fraction of sp³-hybridized carbons (Fsp3) is 0.0870. The average molecular weight is 398 g/mol. The molecule has 142 valence electrons. The molecule has 4 rings (SSSR count). The Hall–Kier alpha value is -3.69. The third-order valence-corrected chi connectivity index (χ3v) is 5.01. The van der Waals surface area contributed by atoms with Gasteiger partial charge in [-0.15, -0.1) is 11.3 Å². The molecule has 0 saturated carbocycles. The summed E-state index contributed by atoms with van der Waals surface area (Å²) in [5.74, 6) is 5.93. The maximum Gasteiger partial charge on any atom is 0.274 e. The van der Waals surface area contributed by atoms with Gasteiger partial charge >= 0.3 is 0 Å². The van der Waals surface area contributed by atoms with E-state index < -0.39 is 0 Å². The van der Waals surface area contributed by atoms with Crippen LogP contribution in [0.5, 0.6) is 0 Å². The van der Waals surface area contributed by atoms with E-state index in [0.29, 0.717) is 17.4 Å². The van der Waals surface area contributed by atoms with Gasteiger partial charge < -0.3 is 4.57 Å². The number of pyridine rings is 1. The Kier molecular flexibility index (Phi) is 5.79. The number of thiazole rings is 1. The molecule has 0 aliphatic heterocycles. The van der Waals surface area contributed by atoms with Crippen molar-refractivity contribution in [2.24, 2.45) is 0 Å². The fourth-order valence-electron chi connectivity index (χ4n) is 2.83. The Bertz CT molecular complexity index is 1150. The van der Waals surface area contributed by atoms with E-state index in [1.807, 2.05) is 52.5 Å². The summed E-state index contributed by atoms with van der Waals surface area (Å²) in [6.07, 6.45) is 6.01. The van der Waals surface area contributed by atoms with Gasteiger partial charge in [0.15, 0.2) is 5.13 Å². The Morgan fingerprint density at radius 3 is 2.83 bits per heavy atom. The van der Waals surface area contributed by atoms with Gasteiger partial charge in [0.2, 0.25) is 0 Å². The molecule has 0 unspecified atom stereocenters. The number of nitrogens with zero attached hydrogens (tertiary/aromatic N) is 3. The number of rotatable bonds is 5. The molecular weight excluding hydrogens is 380 g/mol. The van der Waals surface area contributed by atoms with Gasteiger partial charge in [-0.3, -0.25) is 15.1 Å². The standard InChI is InChI=1S/C23H18N4OS/c28-22(26-23-25-20(17-29-23)15-18-7-2-1-3-8-18)21-11-6-14-27(21)13-5-10-19-9-4-12-24-16-19/h1-4,6-9,11-12,14,16-17H,13,15H2,(H,25,26,28). The first kappa shape index (κ1) is 18.7. The van der Waals surface area contributed by atoms with Crippen molar-refractivity contribution in [2.75, 3.05) is 5.32 Å². The zero-order valence-electron chi connectivity index (χ0n) is 15.6. The van der Waals surface area contributed by atoms with Gasteiger partial charge in [-0.05, 0) is 29.8 Å². The lowest BCUT2D eigenvalue weighted by atomic mass is 10.1. The van der Waals surface area contributed by atoms with Crippen LogP contribution in [-0.2, 0) is 13.0 Å². The molecule has 29 heavy (non-hydrogen) atoms. The molecule has 0 radical (unpaired) electrons. The summed E-state index contributed by atoms with van der Waals surface area (Å²) >= 11 is 1.43. The van der Waals surface area contributed by atoms with E-state index >= 15 is 0 Å². The van der Waals surface area contributed by atoms with Crippen LogP contribution in [0.1, 0.15) is 27.3 Å². The predicted octanol–water partition coefficient (Wildman–Crippen LogP) is 4.23. The number of anilines is 1. The van der Waals surface area contributed by atoms with Crippen LogP contribution in [0.4, 0.5) is 5.13 Å². The third kappa shape index (κ3) is 4.98. The molecular formula is C23H18N4OS. The minimum Gasteiger partial charge on any atom is -0.332 e. The van der Waals surface area contributed by atoms with Gasteiger partial charge in [0.05, 0.1) is 12.2 Å². The Morgan fingerprint density at radius 1 is 1.10 bits per heavy atom. The molecule has 0 aliphatic rings. The molecule has 1 N–H and O–H groups in total. The number of carbonyl (C=O) groups is 1. The van der Waals surface area contributed by atoms with Crippen LogP contribution < -0.4 is 5.32 Å². The summed E-state index contributed by atoms with van der Waals surface area (Å²) in [5.41, 5.74) is 3.52. The van der Waals surface area contributed by atoms with Crippen molar-refractivity contribution >= 4 is 22.4 Å². The van der Waals surface area contributed by atoms with Gasteiger partial charge in [0.1, 0.15) is 5.69 Å². The number of benzene rings is 1. The lowest BCUT2D eigenvalue weighted by Crippen LogP contribution is -2.16. The SMILES string of the molecule is O=C(Nc1nc(Cc2ccccc2)cs1)c1cccn1CC#Cc1cccnc1. The van der Waals surface area contributed by atoms with E-state index in [1.165, 1.54) is 16.9 Å². The fourth-order valence-corrected chi connectivity index (χ4v) is 3.54. The van der Waals surface area contributed by atoms with Crippen LogP contribution in [0.25, 0.3) is 0 Å². The molecule has 4 aromatic rings. The molecule has 3 aromatic heterocycles. The number of nitrogens with one attached hydrogen (secondary N) is 1. The van der Waals surface area contributed by atoms with Crippen molar-refractivity contribution in [3.8, 4) is 11.8 Å². The molecule has 0 spiro atoms. The Morgan fingerprint density at radius 2 is 2.00 bits per heavy atom. The van der Waals surface area contributed by atoms with Crippen LogP contribution in [0.2, 0.25) is 0 Å². The predicted molar refractivity (Wildman–Crippen MR) is 115 cm³/mol. The molecule has 1 aromatic carbocycles. The largest absolute Gasteiger partial charge is 0.332 e. The third-order valence-electron chi connectivity index (χ3n) is 4.21. The van der Waals surface area contributed by atoms with Gasteiger partial charge in [0, 0.05) is 36.0 Å². The molecule has 0 saturated heterocycles. The van der Waals surface area contributed by atoms with E-state index in [1.54, 1.807) is 18.5 Å². The lowest BCUT2D eigenvalue weighted by molar-refractivity contribution is 0.101. The van der Waals surface area contributed by atoms with E-state index in [0.717, 1.165) is 17.7 Å². The van der Waals surface area contributed by atoms with Crippen molar-refractivity contribution in [1.82, 2.24) is 14.5 Å². The minimum absolute atomic E-state index is 0.196. The van der Waals surface area contributed by atoms with Crippen LogP contribution in [0.3, 0.4) is 0 Å². The highest BCUT2D eigenvalue weighted by Gasteiger charge is 2.13. The van der Waals surface area contributed by atoms with E-state index in [9.17, 15) is 4.79 Å². The lowest BCUT2D eigenvalue weighted by Gasteiger charge is -2.05. The zero-order chi connectivity index (χ0) is 19.9. The van der Waals surface area contributed by atoms with Crippen LogP contribution in [0, 0.1) is 11.8 Å². The van der Waals surface area contributed by atoms with Crippen LogP contribution in [-0.4, -0.2) is 20.4 Å². The molecule has 0 bridgehead atoms. The van der Waals surface area contributed by atoms with Crippen LogP contribution in [0.15, 0.2) is 78.6 Å². The highest BCUT2D eigenvalue weighted by molar-refractivity contribution is 7.14. The molecule has 0 fully saturated rings. The van der Waals surface area contributed by atoms with Gasteiger partial charge in [-0.1, -0.05) is 42.2 Å². The monoisotopic (exact) mass is 398 g/mol. The van der Waals surface area contributed by atoms with E-state index in [-0.39, 0.29) is 5.91 Å². The minimum atomic E-state index is -0.196. The molecule has 0 atom stereocenters. The first-order chi connectivity index (χ1) is 14.3. The second-order valence-corrected chi connectivity index (χ2v) is 7.18.